The van der Waals surface area contributed by atoms with Crippen molar-refractivity contribution in [1.82, 2.24) is 24.5 Å². The number of hydrogen-bond acceptors (Lipinski definition) is 4. The van der Waals surface area contributed by atoms with Crippen molar-refractivity contribution in [1.29, 1.82) is 0 Å². The fraction of sp³-hybridized carbons (Fsp3) is 0.0222. The summed E-state index contributed by atoms with van der Waals surface area (Å²) in [5, 5.41) is 2.93. The van der Waals surface area contributed by atoms with E-state index in [0.717, 1.165) is 45.8 Å². The van der Waals surface area contributed by atoms with Gasteiger partial charge in [0.15, 0.2) is 0 Å². The summed E-state index contributed by atoms with van der Waals surface area (Å²) in [5.74, 6) is 0.881. The van der Waals surface area contributed by atoms with Crippen LogP contribution in [0.15, 0.2) is 183 Å². The van der Waals surface area contributed by atoms with Gasteiger partial charge in [-0.05, 0) is 40.8 Å². The summed E-state index contributed by atoms with van der Waals surface area (Å²) in [6.07, 6.45) is 4.21. The van der Waals surface area contributed by atoms with Crippen molar-refractivity contribution >= 4 is 33.4 Å². The van der Waals surface area contributed by atoms with Gasteiger partial charge in [0, 0.05) is 34.0 Å². The summed E-state index contributed by atoms with van der Waals surface area (Å²) in [5.41, 5.74) is 12.0. The Hall–Kier alpha value is -6.43. The molecule has 5 nitrogen and oxygen atoms in total. The first-order valence-electron chi connectivity index (χ1n) is 16.8. The molecule has 0 saturated carbocycles. The summed E-state index contributed by atoms with van der Waals surface area (Å²) in [7, 11) is 0. The zero-order chi connectivity index (χ0) is 34.4. The molecule has 3 aromatic heterocycles. The van der Waals surface area contributed by atoms with E-state index in [1.807, 2.05) is 54.6 Å². The molecule has 0 aliphatic heterocycles. The minimum absolute atomic E-state index is 0.467. The smallest absolute Gasteiger partial charge is 0.141 e. The summed E-state index contributed by atoms with van der Waals surface area (Å²) in [6.45, 7) is 0. The lowest BCUT2D eigenvalue weighted by molar-refractivity contribution is 1.04. The minimum Gasteiger partial charge on any atom is -0.294 e. The maximum absolute atomic E-state index is 5.74. The summed E-state index contributed by atoms with van der Waals surface area (Å²) >= 11 is 5.74. The van der Waals surface area contributed by atoms with Crippen molar-refractivity contribution in [2.45, 2.75) is 6.42 Å². The lowest BCUT2D eigenvalue weighted by atomic mass is 10.1. The van der Waals surface area contributed by atoms with Gasteiger partial charge in [0.2, 0.25) is 0 Å². The van der Waals surface area contributed by atoms with Crippen LogP contribution in [0.1, 0.15) is 11.1 Å². The summed E-state index contributed by atoms with van der Waals surface area (Å²) in [6, 6.07) is 58.1. The van der Waals surface area contributed by atoms with Gasteiger partial charge >= 0.3 is 0 Å². The number of halogens is 1. The molecule has 0 N–H and O–H groups in total. The molecule has 51 heavy (non-hydrogen) atoms. The van der Waals surface area contributed by atoms with Gasteiger partial charge in [0.25, 0.3) is 0 Å². The van der Waals surface area contributed by atoms with Crippen molar-refractivity contribution in [2.75, 3.05) is 0 Å². The molecule has 1 aliphatic carbocycles. The molecular weight excluding hydrogens is 646 g/mol. The number of benzene rings is 6. The van der Waals surface area contributed by atoms with Crippen LogP contribution in [-0.2, 0) is 6.42 Å². The zero-order valence-corrected chi connectivity index (χ0v) is 28.4. The van der Waals surface area contributed by atoms with E-state index in [1.54, 1.807) is 12.4 Å². The summed E-state index contributed by atoms with van der Waals surface area (Å²) < 4.78 is 2.21. The van der Waals surface area contributed by atoms with Crippen LogP contribution in [0.2, 0.25) is 5.15 Å². The second-order valence-corrected chi connectivity index (χ2v) is 12.5. The van der Waals surface area contributed by atoms with Gasteiger partial charge in [-0.1, -0.05) is 157 Å². The molecule has 9 aromatic rings. The van der Waals surface area contributed by atoms with Crippen molar-refractivity contribution in [2.24, 2.45) is 0 Å². The zero-order valence-electron chi connectivity index (χ0n) is 27.6. The minimum atomic E-state index is 0.467. The Labute approximate surface area is 301 Å². The number of hydrogen-bond donors (Lipinski definition) is 0. The standard InChI is InChI=1S/C22H15N3.C13H10.C10H7ClN2/c1-2-8-16(9-3-1)19-14-22(24-15-23-19)25-20-12-6-4-10-17(20)18-11-5-7-13-21(18)25;1-3-7-12-10(5-1)9-11-6-2-4-8-13(11)12;11-10-6-9(12-7-13-10)8-4-2-1-3-5-8/h1-15H;1-8H,9H2;1-7H. The quantitative estimate of drug-likeness (QED) is 0.175. The van der Waals surface area contributed by atoms with E-state index in [2.05, 4.69) is 134 Å². The highest BCUT2D eigenvalue weighted by molar-refractivity contribution is 6.29. The first-order chi connectivity index (χ1) is 25.2. The molecule has 10 rings (SSSR count). The lowest BCUT2D eigenvalue weighted by Gasteiger charge is -2.08. The maximum Gasteiger partial charge on any atom is 0.141 e. The molecular formula is C45H32ClN5. The number of fused-ring (bicyclic) bond motifs is 6. The fourth-order valence-corrected chi connectivity index (χ4v) is 6.73. The van der Waals surface area contributed by atoms with E-state index in [0.29, 0.717) is 5.15 Å². The van der Waals surface area contributed by atoms with E-state index in [9.17, 15) is 0 Å². The average Bonchev–Trinajstić information content (AvgIpc) is 3.75. The highest BCUT2D eigenvalue weighted by Crippen LogP contribution is 2.36. The van der Waals surface area contributed by atoms with E-state index < -0.39 is 0 Å². The van der Waals surface area contributed by atoms with Gasteiger partial charge in [-0.2, -0.15) is 0 Å². The third kappa shape index (κ3) is 6.76. The van der Waals surface area contributed by atoms with Crippen LogP contribution in [0.4, 0.5) is 0 Å². The van der Waals surface area contributed by atoms with Gasteiger partial charge in [-0.15, -0.1) is 0 Å². The van der Waals surface area contributed by atoms with Crippen LogP contribution in [-0.4, -0.2) is 24.5 Å². The molecule has 0 spiro atoms. The van der Waals surface area contributed by atoms with E-state index >= 15 is 0 Å². The number of para-hydroxylation sites is 2. The Morgan fingerprint density at radius 1 is 0.431 bits per heavy atom. The topological polar surface area (TPSA) is 56.5 Å². The Bertz CT molecular complexity index is 2480. The lowest BCUT2D eigenvalue weighted by Crippen LogP contribution is -1.98. The molecule has 244 valence electrons. The van der Waals surface area contributed by atoms with Crippen molar-refractivity contribution in [3.8, 4) is 39.5 Å². The average molecular weight is 678 g/mol. The molecule has 6 heteroatoms. The van der Waals surface area contributed by atoms with E-state index in [4.69, 9.17) is 11.6 Å². The molecule has 3 heterocycles. The largest absolute Gasteiger partial charge is 0.294 e. The third-order valence-corrected chi connectivity index (χ3v) is 9.15. The maximum atomic E-state index is 5.74. The normalized spacial score (nSPS) is 11.2. The molecule has 0 saturated heterocycles. The van der Waals surface area contributed by atoms with Gasteiger partial charge in [-0.25, -0.2) is 19.9 Å². The highest BCUT2D eigenvalue weighted by Gasteiger charge is 2.16. The van der Waals surface area contributed by atoms with Crippen LogP contribution in [0, 0.1) is 0 Å². The molecule has 0 amide bonds. The third-order valence-electron chi connectivity index (χ3n) is 8.94. The highest BCUT2D eigenvalue weighted by atomic mass is 35.5. The first kappa shape index (κ1) is 31.8. The van der Waals surface area contributed by atoms with Crippen LogP contribution in [0.25, 0.3) is 61.3 Å². The summed E-state index contributed by atoms with van der Waals surface area (Å²) in [4.78, 5) is 16.9. The molecule has 0 unspecified atom stereocenters. The Morgan fingerprint density at radius 3 is 1.43 bits per heavy atom. The predicted molar refractivity (Wildman–Crippen MR) is 209 cm³/mol. The first-order valence-corrected chi connectivity index (χ1v) is 17.2. The van der Waals surface area contributed by atoms with Crippen molar-refractivity contribution in [3.63, 3.8) is 0 Å². The van der Waals surface area contributed by atoms with Crippen molar-refractivity contribution in [3.05, 3.63) is 199 Å². The number of aromatic nitrogens is 5. The van der Waals surface area contributed by atoms with Gasteiger partial charge in [0.1, 0.15) is 23.6 Å². The van der Waals surface area contributed by atoms with Crippen molar-refractivity contribution < 1.29 is 0 Å². The molecule has 0 atom stereocenters. The number of nitrogens with zero attached hydrogens (tertiary/aromatic N) is 5. The van der Waals surface area contributed by atoms with E-state index in [-0.39, 0.29) is 0 Å². The second-order valence-electron chi connectivity index (χ2n) is 12.1. The van der Waals surface area contributed by atoms with Crippen LogP contribution < -0.4 is 0 Å². The number of rotatable bonds is 3. The van der Waals surface area contributed by atoms with Crippen LogP contribution in [0.3, 0.4) is 0 Å². The SMILES string of the molecule is Clc1cc(-c2ccccc2)ncn1.c1ccc(-c2cc(-n3c4ccccc4c4ccccc43)ncn2)cc1.c1ccc2c(c1)Cc1ccccc1-2. The monoisotopic (exact) mass is 677 g/mol. The second kappa shape index (κ2) is 14.6. The molecule has 6 aromatic carbocycles. The van der Waals surface area contributed by atoms with Gasteiger partial charge in [-0.3, -0.25) is 4.57 Å². The van der Waals surface area contributed by atoms with Crippen LogP contribution >= 0.6 is 11.6 Å². The Kier molecular flexibility index (Phi) is 9.10. The molecule has 0 fully saturated rings. The Morgan fingerprint density at radius 2 is 0.882 bits per heavy atom. The molecule has 1 aliphatic rings. The van der Waals surface area contributed by atoms with Crippen LogP contribution in [0.5, 0.6) is 0 Å². The van der Waals surface area contributed by atoms with Gasteiger partial charge < -0.3 is 0 Å². The molecule has 0 bridgehead atoms. The van der Waals surface area contributed by atoms with E-state index in [1.165, 1.54) is 39.4 Å². The molecule has 0 radical (unpaired) electrons. The predicted octanol–water partition coefficient (Wildman–Crippen LogP) is 11.3. The fourth-order valence-electron chi connectivity index (χ4n) is 6.59. The Balaban J connectivity index is 0.000000121. The van der Waals surface area contributed by atoms with Gasteiger partial charge in [0.05, 0.1) is 22.4 Å².